The number of ether oxygens (including phenoxy) is 2. The zero-order valence-electron chi connectivity index (χ0n) is 20.9. The maximum Gasteiger partial charge on any atom is 0.277 e. The molecule has 0 unspecified atom stereocenters. The maximum atomic E-state index is 12.0. The smallest absolute Gasteiger partial charge is 0.277 e. The number of hydrazone groups is 2. The van der Waals surface area contributed by atoms with Crippen LogP contribution < -0.4 is 20.3 Å². The van der Waals surface area contributed by atoms with E-state index < -0.39 is 0 Å². The Morgan fingerprint density at radius 3 is 1.44 bits per heavy atom. The Balaban J connectivity index is 1.39. The number of nitrogens with zero attached hydrogens (tertiary/aromatic N) is 2. The van der Waals surface area contributed by atoms with Crippen LogP contribution in [0.2, 0.25) is 0 Å². The standard InChI is InChI=1S/C28H30N4O4/c1-19-5-7-21(3)25(13-19)35-17-27(33)31-29-15-23-9-11-24(12-10-23)16-30-32-28(34)18-36-26-14-20(2)6-8-22(26)4/h5-16H,17-18H2,1-4H3,(H,31,33)(H,32,34). The Bertz CT molecular complexity index is 1170. The van der Waals surface area contributed by atoms with Crippen LogP contribution in [0.4, 0.5) is 0 Å². The van der Waals surface area contributed by atoms with E-state index in [9.17, 15) is 9.59 Å². The van der Waals surface area contributed by atoms with Crippen LogP contribution in [0.15, 0.2) is 70.9 Å². The van der Waals surface area contributed by atoms with Crippen LogP contribution in [0.3, 0.4) is 0 Å². The van der Waals surface area contributed by atoms with Crippen LogP contribution in [0.1, 0.15) is 33.4 Å². The van der Waals surface area contributed by atoms with Crippen molar-refractivity contribution in [1.82, 2.24) is 10.9 Å². The van der Waals surface area contributed by atoms with Gasteiger partial charge in [0.15, 0.2) is 13.2 Å². The highest BCUT2D eigenvalue weighted by Crippen LogP contribution is 2.19. The van der Waals surface area contributed by atoms with Crippen molar-refractivity contribution in [2.45, 2.75) is 27.7 Å². The van der Waals surface area contributed by atoms with Crippen LogP contribution in [0.5, 0.6) is 11.5 Å². The van der Waals surface area contributed by atoms with Crippen LogP contribution in [-0.2, 0) is 9.59 Å². The topological polar surface area (TPSA) is 101 Å². The summed E-state index contributed by atoms with van der Waals surface area (Å²) in [5.74, 6) is 0.648. The predicted octanol–water partition coefficient (Wildman–Crippen LogP) is 3.98. The van der Waals surface area contributed by atoms with Gasteiger partial charge in [0.05, 0.1) is 12.4 Å². The molecule has 0 aromatic heterocycles. The van der Waals surface area contributed by atoms with Crippen molar-refractivity contribution in [2.24, 2.45) is 10.2 Å². The molecule has 0 saturated heterocycles. The first kappa shape index (κ1) is 26.2. The molecule has 0 aliphatic rings. The number of hydrogen-bond donors (Lipinski definition) is 2. The van der Waals surface area contributed by atoms with E-state index in [1.807, 2.05) is 88.4 Å². The Kier molecular flexibility index (Phi) is 9.33. The lowest BCUT2D eigenvalue weighted by Gasteiger charge is -2.08. The van der Waals surface area contributed by atoms with Gasteiger partial charge in [-0.2, -0.15) is 10.2 Å². The van der Waals surface area contributed by atoms with Gasteiger partial charge in [-0.3, -0.25) is 9.59 Å². The van der Waals surface area contributed by atoms with Gasteiger partial charge in [-0.05, 0) is 73.2 Å². The van der Waals surface area contributed by atoms with E-state index in [4.69, 9.17) is 9.47 Å². The monoisotopic (exact) mass is 486 g/mol. The molecule has 8 heteroatoms. The van der Waals surface area contributed by atoms with Gasteiger partial charge in [0.25, 0.3) is 11.8 Å². The molecule has 0 saturated carbocycles. The second-order valence-corrected chi connectivity index (χ2v) is 8.37. The molecule has 0 aliphatic carbocycles. The van der Waals surface area contributed by atoms with Gasteiger partial charge >= 0.3 is 0 Å². The number of hydrogen-bond acceptors (Lipinski definition) is 6. The molecule has 3 aromatic carbocycles. The molecule has 0 atom stereocenters. The summed E-state index contributed by atoms with van der Waals surface area (Å²) in [7, 11) is 0. The fourth-order valence-electron chi connectivity index (χ4n) is 3.10. The zero-order valence-corrected chi connectivity index (χ0v) is 20.9. The molecule has 0 fully saturated rings. The van der Waals surface area contributed by atoms with Gasteiger partial charge in [0.1, 0.15) is 11.5 Å². The second-order valence-electron chi connectivity index (χ2n) is 8.37. The number of nitrogens with one attached hydrogen (secondary N) is 2. The Labute approximate surface area is 211 Å². The van der Waals surface area contributed by atoms with Crippen molar-refractivity contribution in [1.29, 1.82) is 0 Å². The minimum absolute atomic E-state index is 0.127. The number of carbonyl (C=O) groups excluding carboxylic acids is 2. The molecule has 0 heterocycles. The third-order valence-corrected chi connectivity index (χ3v) is 5.15. The molecular weight excluding hydrogens is 456 g/mol. The molecule has 3 rings (SSSR count). The van der Waals surface area contributed by atoms with E-state index in [1.165, 1.54) is 12.4 Å². The first-order chi connectivity index (χ1) is 17.3. The summed E-state index contributed by atoms with van der Waals surface area (Å²) < 4.78 is 11.1. The first-order valence-corrected chi connectivity index (χ1v) is 11.4. The van der Waals surface area contributed by atoms with E-state index in [1.54, 1.807) is 0 Å². The predicted molar refractivity (Wildman–Crippen MR) is 141 cm³/mol. The molecule has 0 radical (unpaired) electrons. The number of amides is 2. The SMILES string of the molecule is Cc1ccc(C)c(OCC(=O)NN=Cc2ccc(C=NNC(=O)COc3cc(C)ccc3C)cc2)c1. The normalized spacial score (nSPS) is 11.0. The van der Waals surface area contributed by atoms with Crippen LogP contribution in [0.25, 0.3) is 0 Å². The van der Waals surface area contributed by atoms with Gasteiger partial charge in [-0.25, -0.2) is 10.9 Å². The van der Waals surface area contributed by atoms with Crippen LogP contribution in [-0.4, -0.2) is 37.5 Å². The lowest BCUT2D eigenvalue weighted by molar-refractivity contribution is -0.123. The summed E-state index contributed by atoms with van der Waals surface area (Å²) in [4.78, 5) is 24.0. The van der Waals surface area contributed by atoms with Gasteiger partial charge in [-0.1, -0.05) is 48.5 Å². The number of aryl methyl sites for hydroxylation is 4. The summed E-state index contributed by atoms with van der Waals surface area (Å²) in [6, 6.07) is 18.9. The maximum absolute atomic E-state index is 12.0. The largest absolute Gasteiger partial charge is 0.483 e. The molecule has 2 amide bonds. The molecule has 186 valence electrons. The molecule has 0 bridgehead atoms. The zero-order chi connectivity index (χ0) is 25.9. The third-order valence-electron chi connectivity index (χ3n) is 5.15. The minimum atomic E-state index is -0.354. The average molecular weight is 487 g/mol. The molecule has 8 nitrogen and oxygen atoms in total. The Morgan fingerprint density at radius 1 is 0.667 bits per heavy atom. The van der Waals surface area contributed by atoms with Crippen LogP contribution >= 0.6 is 0 Å². The lowest BCUT2D eigenvalue weighted by atomic mass is 10.1. The highest BCUT2D eigenvalue weighted by Gasteiger charge is 2.05. The van der Waals surface area contributed by atoms with Crippen molar-refractivity contribution in [3.8, 4) is 11.5 Å². The van der Waals surface area contributed by atoms with Gasteiger partial charge in [0, 0.05) is 0 Å². The molecule has 3 aromatic rings. The van der Waals surface area contributed by atoms with Crippen molar-refractivity contribution >= 4 is 24.2 Å². The van der Waals surface area contributed by atoms with Crippen LogP contribution in [0, 0.1) is 27.7 Å². The molecular formula is C28H30N4O4. The summed E-state index contributed by atoms with van der Waals surface area (Å²) in [6.45, 7) is 7.53. The Hall–Kier alpha value is -4.46. The van der Waals surface area contributed by atoms with E-state index in [2.05, 4.69) is 21.1 Å². The number of benzene rings is 3. The van der Waals surface area contributed by atoms with Crippen molar-refractivity contribution in [3.63, 3.8) is 0 Å². The minimum Gasteiger partial charge on any atom is -0.483 e. The summed E-state index contributed by atoms with van der Waals surface area (Å²) in [6.07, 6.45) is 3.06. The third kappa shape index (κ3) is 8.39. The summed E-state index contributed by atoms with van der Waals surface area (Å²) >= 11 is 0. The first-order valence-electron chi connectivity index (χ1n) is 11.4. The van der Waals surface area contributed by atoms with Gasteiger partial charge in [0.2, 0.25) is 0 Å². The van der Waals surface area contributed by atoms with Crippen molar-refractivity contribution in [3.05, 3.63) is 94.0 Å². The van der Waals surface area contributed by atoms with Crippen molar-refractivity contribution in [2.75, 3.05) is 13.2 Å². The molecule has 2 N–H and O–H groups in total. The lowest BCUT2D eigenvalue weighted by Crippen LogP contribution is -2.24. The second kappa shape index (κ2) is 12.9. The van der Waals surface area contributed by atoms with E-state index in [-0.39, 0.29) is 25.0 Å². The quantitative estimate of drug-likeness (QED) is 0.334. The fourth-order valence-corrected chi connectivity index (χ4v) is 3.10. The molecule has 0 spiro atoms. The summed E-state index contributed by atoms with van der Waals surface area (Å²) in [5, 5.41) is 7.91. The van der Waals surface area contributed by atoms with E-state index in [0.29, 0.717) is 11.5 Å². The van der Waals surface area contributed by atoms with Crippen molar-refractivity contribution < 1.29 is 19.1 Å². The summed E-state index contributed by atoms with van der Waals surface area (Å²) in [5.41, 5.74) is 10.5. The highest BCUT2D eigenvalue weighted by molar-refractivity contribution is 5.86. The highest BCUT2D eigenvalue weighted by atomic mass is 16.5. The average Bonchev–Trinajstić information content (AvgIpc) is 2.86. The van der Waals surface area contributed by atoms with E-state index in [0.717, 1.165) is 33.4 Å². The van der Waals surface area contributed by atoms with Gasteiger partial charge < -0.3 is 9.47 Å². The Morgan fingerprint density at radius 2 is 1.06 bits per heavy atom. The van der Waals surface area contributed by atoms with Gasteiger partial charge in [-0.15, -0.1) is 0 Å². The number of carbonyl (C=O) groups is 2. The van der Waals surface area contributed by atoms with E-state index >= 15 is 0 Å². The fraction of sp³-hybridized carbons (Fsp3) is 0.214. The molecule has 0 aliphatic heterocycles. The molecule has 36 heavy (non-hydrogen) atoms. The number of rotatable bonds is 10.